The highest BCUT2D eigenvalue weighted by molar-refractivity contribution is 5.97. The Labute approximate surface area is 273 Å². The van der Waals surface area contributed by atoms with E-state index in [4.69, 9.17) is 14.2 Å². The van der Waals surface area contributed by atoms with E-state index >= 15 is 0 Å². The van der Waals surface area contributed by atoms with Crippen molar-refractivity contribution in [2.75, 3.05) is 32.0 Å². The normalized spacial score (nSPS) is 14.8. The van der Waals surface area contributed by atoms with E-state index in [0.29, 0.717) is 53.3 Å². The van der Waals surface area contributed by atoms with E-state index in [2.05, 4.69) is 26.1 Å². The second kappa shape index (κ2) is 14.4. The Morgan fingerprint density at radius 2 is 1.74 bits per heavy atom. The maximum absolute atomic E-state index is 13.9. The van der Waals surface area contributed by atoms with E-state index in [0.717, 1.165) is 16.8 Å². The molecule has 1 aliphatic rings. The summed E-state index contributed by atoms with van der Waals surface area (Å²) >= 11 is 0. The fourth-order valence-electron chi connectivity index (χ4n) is 5.99. The fraction of sp³-hybridized carbons (Fsp3) is 0.343. The molecule has 5 rings (SSSR count). The number of aryl methyl sites for hydroxylation is 1. The van der Waals surface area contributed by atoms with E-state index in [9.17, 15) is 14.4 Å². The highest BCUT2D eigenvalue weighted by Crippen LogP contribution is 2.50. The van der Waals surface area contributed by atoms with Crippen LogP contribution in [0.4, 0.5) is 11.4 Å². The Bertz CT molecular complexity index is 1830. The third kappa shape index (κ3) is 6.91. The molecule has 3 atom stereocenters. The molecule has 0 bridgehead atoms. The van der Waals surface area contributed by atoms with Gasteiger partial charge in [-0.2, -0.15) is 0 Å². The van der Waals surface area contributed by atoms with E-state index in [-0.39, 0.29) is 28.8 Å². The SMILES string of the molecule is CCC(C)C(Nc1ccc2c(cc1=O)C(NC(C)=O)CCc1cc(OC)c(OC)c(OC)c1-2)C(=O)Nc1cccc(-n2cnnc2)c1. The summed E-state index contributed by atoms with van der Waals surface area (Å²) in [4.78, 5) is 40.0. The average molecular weight is 641 g/mol. The molecular weight excluding hydrogens is 600 g/mol. The van der Waals surface area contributed by atoms with Gasteiger partial charge in [0.05, 0.1) is 38.7 Å². The maximum atomic E-state index is 13.9. The van der Waals surface area contributed by atoms with E-state index in [1.807, 2.05) is 44.2 Å². The van der Waals surface area contributed by atoms with Crippen molar-refractivity contribution in [3.05, 3.63) is 82.5 Å². The van der Waals surface area contributed by atoms with Crippen molar-refractivity contribution in [3.63, 3.8) is 0 Å². The molecule has 246 valence electrons. The zero-order chi connectivity index (χ0) is 33.7. The highest BCUT2D eigenvalue weighted by Gasteiger charge is 2.30. The molecule has 0 saturated carbocycles. The number of nitrogens with one attached hydrogen (secondary N) is 3. The van der Waals surface area contributed by atoms with Gasteiger partial charge < -0.3 is 30.2 Å². The van der Waals surface area contributed by atoms with Crippen LogP contribution in [0.5, 0.6) is 17.2 Å². The Kier molecular flexibility index (Phi) is 10.1. The summed E-state index contributed by atoms with van der Waals surface area (Å²) in [5, 5.41) is 17.0. The molecule has 0 radical (unpaired) electrons. The molecule has 47 heavy (non-hydrogen) atoms. The van der Waals surface area contributed by atoms with Crippen molar-refractivity contribution < 1.29 is 23.8 Å². The Hall–Kier alpha value is -5.39. The van der Waals surface area contributed by atoms with Crippen LogP contribution >= 0.6 is 0 Å². The molecule has 0 fully saturated rings. The molecule has 1 heterocycles. The number of hydrogen-bond donors (Lipinski definition) is 3. The van der Waals surface area contributed by atoms with E-state index < -0.39 is 12.1 Å². The molecular formula is C35H40N6O6. The first kappa shape index (κ1) is 33.0. The Balaban J connectivity index is 1.57. The predicted molar refractivity (Wildman–Crippen MR) is 180 cm³/mol. The van der Waals surface area contributed by atoms with Crippen LogP contribution in [0.3, 0.4) is 0 Å². The van der Waals surface area contributed by atoms with Crippen molar-refractivity contribution >= 4 is 23.2 Å². The minimum atomic E-state index is -0.731. The summed E-state index contributed by atoms with van der Waals surface area (Å²) in [5.41, 5.74) is 4.33. The van der Waals surface area contributed by atoms with Gasteiger partial charge in [-0.15, -0.1) is 10.2 Å². The monoisotopic (exact) mass is 640 g/mol. The van der Waals surface area contributed by atoms with Crippen LogP contribution in [0.1, 0.15) is 50.8 Å². The lowest BCUT2D eigenvalue weighted by molar-refractivity contribution is -0.120. The predicted octanol–water partition coefficient (Wildman–Crippen LogP) is 4.91. The van der Waals surface area contributed by atoms with Crippen molar-refractivity contribution in [3.8, 4) is 34.1 Å². The summed E-state index contributed by atoms with van der Waals surface area (Å²) < 4.78 is 18.9. The van der Waals surface area contributed by atoms with Crippen LogP contribution in [0.25, 0.3) is 16.8 Å². The van der Waals surface area contributed by atoms with Crippen molar-refractivity contribution in [2.24, 2.45) is 5.92 Å². The van der Waals surface area contributed by atoms with Gasteiger partial charge in [-0.1, -0.05) is 32.4 Å². The van der Waals surface area contributed by atoms with Gasteiger partial charge in [0.15, 0.2) is 11.5 Å². The largest absolute Gasteiger partial charge is 0.493 e. The third-order valence-electron chi connectivity index (χ3n) is 8.55. The number of hydrogen-bond acceptors (Lipinski definition) is 9. The van der Waals surface area contributed by atoms with Gasteiger partial charge in [0.2, 0.25) is 23.0 Å². The van der Waals surface area contributed by atoms with Crippen LogP contribution in [0, 0.1) is 5.92 Å². The molecule has 1 aliphatic carbocycles. The number of amides is 2. The number of rotatable bonds is 11. The molecule has 4 aromatic rings. The van der Waals surface area contributed by atoms with Gasteiger partial charge in [-0.05, 0) is 71.8 Å². The first-order chi connectivity index (χ1) is 22.7. The number of benzene rings is 2. The van der Waals surface area contributed by atoms with Gasteiger partial charge in [0.25, 0.3) is 0 Å². The van der Waals surface area contributed by atoms with Crippen molar-refractivity contribution in [2.45, 2.75) is 52.1 Å². The molecule has 3 N–H and O–H groups in total. The minimum absolute atomic E-state index is 0.122. The molecule has 12 nitrogen and oxygen atoms in total. The average Bonchev–Trinajstić information content (AvgIpc) is 3.51. The topological polar surface area (TPSA) is 146 Å². The smallest absolute Gasteiger partial charge is 0.247 e. The lowest BCUT2D eigenvalue weighted by Gasteiger charge is -2.24. The zero-order valence-electron chi connectivity index (χ0n) is 27.4. The second-order valence-electron chi connectivity index (χ2n) is 11.5. The number of methoxy groups -OCH3 is 3. The lowest BCUT2D eigenvalue weighted by Crippen LogP contribution is -2.40. The van der Waals surface area contributed by atoms with Crippen molar-refractivity contribution in [1.82, 2.24) is 20.1 Å². The Morgan fingerprint density at radius 1 is 1.00 bits per heavy atom. The quantitative estimate of drug-likeness (QED) is 0.208. The Morgan fingerprint density at radius 3 is 2.40 bits per heavy atom. The van der Waals surface area contributed by atoms with Gasteiger partial charge >= 0.3 is 0 Å². The summed E-state index contributed by atoms with van der Waals surface area (Å²) in [5.74, 6) is 0.783. The molecule has 0 saturated heterocycles. The number of ether oxygens (including phenoxy) is 3. The minimum Gasteiger partial charge on any atom is -0.493 e. The number of carbonyl (C=O) groups is 2. The number of aromatic nitrogens is 3. The number of carbonyl (C=O) groups excluding carboxylic acids is 2. The molecule has 3 unspecified atom stereocenters. The summed E-state index contributed by atoms with van der Waals surface area (Å²) in [6.07, 6.45) is 4.97. The first-order valence-corrected chi connectivity index (χ1v) is 15.5. The molecule has 2 amide bonds. The molecule has 0 spiro atoms. The molecule has 1 aromatic heterocycles. The molecule has 0 aliphatic heterocycles. The first-order valence-electron chi connectivity index (χ1n) is 15.5. The van der Waals surface area contributed by atoms with Crippen LogP contribution < -0.4 is 35.6 Å². The number of nitrogens with zero attached hydrogens (tertiary/aromatic N) is 3. The van der Waals surface area contributed by atoms with Crippen molar-refractivity contribution in [1.29, 1.82) is 0 Å². The van der Waals surface area contributed by atoms with Gasteiger partial charge in [-0.25, -0.2) is 0 Å². The summed E-state index contributed by atoms with van der Waals surface area (Å²) in [6.45, 7) is 5.41. The van der Waals surface area contributed by atoms with Gasteiger partial charge in [0, 0.05) is 18.2 Å². The van der Waals surface area contributed by atoms with Gasteiger partial charge in [0.1, 0.15) is 18.7 Å². The fourth-order valence-corrected chi connectivity index (χ4v) is 5.99. The maximum Gasteiger partial charge on any atom is 0.247 e. The third-order valence-corrected chi connectivity index (χ3v) is 8.55. The zero-order valence-corrected chi connectivity index (χ0v) is 27.4. The van der Waals surface area contributed by atoms with Crippen LogP contribution in [-0.2, 0) is 16.0 Å². The molecule has 3 aromatic carbocycles. The van der Waals surface area contributed by atoms with E-state index in [1.165, 1.54) is 13.0 Å². The number of anilines is 2. The lowest BCUT2D eigenvalue weighted by atomic mass is 9.95. The summed E-state index contributed by atoms with van der Waals surface area (Å²) in [6, 6.07) is 13.1. The molecule has 12 heteroatoms. The van der Waals surface area contributed by atoms with E-state index in [1.54, 1.807) is 50.7 Å². The second-order valence-corrected chi connectivity index (χ2v) is 11.5. The standard InChI is InChI=1S/C35H40N6O6/c1-7-20(2)32(35(44)39-23-9-8-10-24(16-23)41-18-36-37-19-41)40-28-14-12-25-26(17-29(28)43)27(38-21(3)42)13-11-22-15-30(45-4)33(46-5)34(47-6)31(22)25/h8-10,12,14-20,27,32H,7,11,13H2,1-6H3,(H,38,42)(H,39,44)(H,40,43). The summed E-state index contributed by atoms with van der Waals surface area (Å²) in [7, 11) is 4.66. The van der Waals surface area contributed by atoms with Crippen LogP contribution in [-0.4, -0.2) is 54.0 Å². The highest BCUT2D eigenvalue weighted by atomic mass is 16.5. The van der Waals surface area contributed by atoms with Crippen LogP contribution in [0.2, 0.25) is 0 Å². The van der Waals surface area contributed by atoms with Gasteiger partial charge in [-0.3, -0.25) is 19.0 Å². The van der Waals surface area contributed by atoms with Crippen LogP contribution in [0.15, 0.2) is 66.0 Å². The number of fused-ring (bicyclic) bond motifs is 3.